The molecule has 5 heteroatoms. The summed E-state index contributed by atoms with van der Waals surface area (Å²) in [5, 5.41) is 3.97. The van der Waals surface area contributed by atoms with E-state index in [2.05, 4.69) is 29.3 Å². The minimum absolute atomic E-state index is 0.0997. The van der Waals surface area contributed by atoms with Crippen molar-refractivity contribution >= 4 is 28.1 Å². The van der Waals surface area contributed by atoms with Crippen LogP contribution in [0, 0.1) is 13.8 Å². The van der Waals surface area contributed by atoms with E-state index in [9.17, 15) is 4.79 Å². The van der Waals surface area contributed by atoms with Gasteiger partial charge in [0.2, 0.25) is 0 Å². The largest absolute Gasteiger partial charge is 0.348 e. The number of hydrogen-bond acceptors (Lipinski definition) is 4. The number of nitrogens with one attached hydrogen (secondary N) is 1. The smallest absolute Gasteiger partial charge is 0.268 e. The Morgan fingerprint density at radius 3 is 2.19 bits per heavy atom. The highest BCUT2D eigenvalue weighted by atomic mass is 32.1. The molecule has 0 atom stereocenters. The van der Waals surface area contributed by atoms with Gasteiger partial charge in [0.15, 0.2) is 5.13 Å². The maximum atomic E-state index is 13.0. The van der Waals surface area contributed by atoms with Crippen LogP contribution in [0.15, 0.2) is 48.5 Å². The van der Waals surface area contributed by atoms with Gasteiger partial charge in [-0.05, 0) is 38.8 Å². The Bertz CT molecular complexity index is 939. The van der Waals surface area contributed by atoms with Gasteiger partial charge >= 0.3 is 0 Å². The van der Waals surface area contributed by atoms with Gasteiger partial charge in [0.05, 0.1) is 5.69 Å². The summed E-state index contributed by atoms with van der Waals surface area (Å²) in [5.74, 6) is -0.0997. The van der Waals surface area contributed by atoms with Crippen molar-refractivity contribution in [2.24, 2.45) is 0 Å². The standard InChI is InChI=1S/C22H23N3OS/c1-15-5-9-17(10-6-15)19-20(27-22(24-19)25-13-3-4-14-25)21(26)23-18-11-7-16(2)8-12-18/h5-12H,3-4,13-14H2,1-2H3,(H,23,26). The van der Waals surface area contributed by atoms with Crippen molar-refractivity contribution in [1.82, 2.24) is 4.98 Å². The van der Waals surface area contributed by atoms with Crippen LogP contribution in [0.4, 0.5) is 10.8 Å². The van der Waals surface area contributed by atoms with Crippen LogP contribution in [-0.2, 0) is 0 Å². The van der Waals surface area contributed by atoms with Gasteiger partial charge in [-0.15, -0.1) is 0 Å². The molecule has 0 aliphatic carbocycles. The zero-order valence-corrected chi connectivity index (χ0v) is 16.5. The molecule has 1 aliphatic rings. The minimum atomic E-state index is -0.0997. The molecular formula is C22H23N3OS. The van der Waals surface area contributed by atoms with E-state index in [4.69, 9.17) is 4.98 Å². The maximum Gasteiger partial charge on any atom is 0.268 e. The first-order chi connectivity index (χ1) is 13.1. The predicted molar refractivity (Wildman–Crippen MR) is 113 cm³/mol. The van der Waals surface area contributed by atoms with Crippen LogP contribution in [-0.4, -0.2) is 24.0 Å². The van der Waals surface area contributed by atoms with E-state index in [0.717, 1.165) is 35.2 Å². The predicted octanol–water partition coefficient (Wildman–Crippen LogP) is 5.28. The van der Waals surface area contributed by atoms with E-state index < -0.39 is 0 Å². The first-order valence-electron chi connectivity index (χ1n) is 9.31. The SMILES string of the molecule is Cc1ccc(NC(=O)c2sc(N3CCCC3)nc2-c2ccc(C)cc2)cc1. The minimum Gasteiger partial charge on any atom is -0.348 e. The molecule has 2 heterocycles. The normalized spacial score (nSPS) is 13.8. The average molecular weight is 378 g/mol. The van der Waals surface area contributed by atoms with Gasteiger partial charge < -0.3 is 10.2 Å². The van der Waals surface area contributed by atoms with E-state index in [1.165, 1.54) is 35.3 Å². The van der Waals surface area contributed by atoms with Gasteiger partial charge in [-0.25, -0.2) is 4.98 Å². The summed E-state index contributed by atoms with van der Waals surface area (Å²) >= 11 is 1.49. The summed E-state index contributed by atoms with van der Waals surface area (Å²) < 4.78 is 0. The lowest BCUT2D eigenvalue weighted by Gasteiger charge is -2.12. The summed E-state index contributed by atoms with van der Waals surface area (Å²) in [6.45, 7) is 6.12. The van der Waals surface area contributed by atoms with Gasteiger partial charge in [0.25, 0.3) is 5.91 Å². The van der Waals surface area contributed by atoms with Gasteiger partial charge in [0.1, 0.15) is 4.88 Å². The molecule has 0 unspecified atom stereocenters. The van der Waals surface area contributed by atoms with E-state index in [-0.39, 0.29) is 5.91 Å². The van der Waals surface area contributed by atoms with E-state index >= 15 is 0 Å². The third-order valence-corrected chi connectivity index (χ3v) is 5.95. The molecular weight excluding hydrogens is 354 g/mol. The average Bonchev–Trinajstić information content (AvgIpc) is 3.33. The Morgan fingerprint density at radius 1 is 0.963 bits per heavy atom. The Morgan fingerprint density at radius 2 is 1.56 bits per heavy atom. The third kappa shape index (κ3) is 3.88. The van der Waals surface area contributed by atoms with Crippen LogP contribution in [0.25, 0.3) is 11.3 Å². The van der Waals surface area contributed by atoms with E-state index in [0.29, 0.717) is 4.88 Å². The molecule has 0 saturated carbocycles. The van der Waals surface area contributed by atoms with Crippen LogP contribution < -0.4 is 10.2 Å². The molecule has 0 radical (unpaired) electrons. The quantitative estimate of drug-likeness (QED) is 0.673. The zero-order valence-electron chi connectivity index (χ0n) is 15.7. The summed E-state index contributed by atoms with van der Waals surface area (Å²) in [7, 11) is 0. The molecule has 2 aromatic carbocycles. The van der Waals surface area contributed by atoms with Crippen LogP contribution in [0.1, 0.15) is 33.6 Å². The first kappa shape index (κ1) is 17.7. The number of hydrogen-bond donors (Lipinski definition) is 1. The van der Waals surface area contributed by atoms with Crippen molar-refractivity contribution in [3.8, 4) is 11.3 Å². The number of thiazole rings is 1. The molecule has 1 N–H and O–H groups in total. The molecule has 4 nitrogen and oxygen atoms in total. The number of carbonyl (C=O) groups excluding carboxylic acids is 1. The Kier molecular flexibility index (Phi) is 4.94. The fraction of sp³-hybridized carbons (Fsp3) is 0.273. The van der Waals surface area contributed by atoms with Crippen LogP contribution in [0.2, 0.25) is 0 Å². The molecule has 27 heavy (non-hydrogen) atoms. The number of anilines is 2. The summed E-state index contributed by atoms with van der Waals surface area (Å²) in [4.78, 5) is 20.8. The van der Waals surface area contributed by atoms with Crippen molar-refractivity contribution in [3.63, 3.8) is 0 Å². The molecule has 1 saturated heterocycles. The Hall–Kier alpha value is -2.66. The molecule has 1 fully saturated rings. The highest BCUT2D eigenvalue weighted by molar-refractivity contribution is 7.18. The number of benzene rings is 2. The molecule has 4 rings (SSSR count). The van der Waals surface area contributed by atoms with Crippen molar-refractivity contribution in [2.45, 2.75) is 26.7 Å². The number of amides is 1. The topological polar surface area (TPSA) is 45.2 Å². The first-order valence-corrected chi connectivity index (χ1v) is 10.1. The second-order valence-electron chi connectivity index (χ2n) is 7.05. The van der Waals surface area contributed by atoms with E-state index in [1.807, 2.05) is 43.3 Å². The molecule has 1 aromatic heterocycles. The van der Waals surface area contributed by atoms with Gasteiger partial charge in [-0.3, -0.25) is 4.79 Å². The zero-order chi connectivity index (χ0) is 18.8. The van der Waals surface area contributed by atoms with Crippen molar-refractivity contribution < 1.29 is 4.79 Å². The molecule has 0 bridgehead atoms. The second-order valence-corrected chi connectivity index (χ2v) is 8.03. The highest BCUT2D eigenvalue weighted by Crippen LogP contribution is 2.35. The maximum absolute atomic E-state index is 13.0. The fourth-order valence-electron chi connectivity index (χ4n) is 3.24. The van der Waals surface area contributed by atoms with Crippen LogP contribution in [0.5, 0.6) is 0 Å². The Labute approximate surface area is 163 Å². The van der Waals surface area contributed by atoms with Crippen LogP contribution in [0.3, 0.4) is 0 Å². The fourth-order valence-corrected chi connectivity index (χ4v) is 4.27. The summed E-state index contributed by atoms with van der Waals surface area (Å²) in [6, 6.07) is 16.1. The number of aryl methyl sites for hydroxylation is 2. The second kappa shape index (κ2) is 7.53. The van der Waals surface area contributed by atoms with Gasteiger partial charge in [-0.2, -0.15) is 0 Å². The molecule has 1 amide bonds. The van der Waals surface area contributed by atoms with E-state index in [1.54, 1.807) is 0 Å². The number of rotatable bonds is 4. The molecule has 3 aromatic rings. The lowest BCUT2D eigenvalue weighted by atomic mass is 10.1. The molecule has 1 aliphatic heterocycles. The number of carbonyl (C=O) groups is 1. The number of aromatic nitrogens is 1. The lowest BCUT2D eigenvalue weighted by molar-refractivity contribution is 0.103. The Balaban J connectivity index is 1.69. The monoisotopic (exact) mass is 377 g/mol. The van der Waals surface area contributed by atoms with Gasteiger partial charge in [-0.1, -0.05) is 58.9 Å². The third-order valence-electron chi connectivity index (χ3n) is 4.83. The van der Waals surface area contributed by atoms with Crippen molar-refractivity contribution in [3.05, 3.63) is 64.5 Å². The van der Waals surface area contributed by atoms with Gasteiger partial charge in [0, 0.05) is 24.3 Å². The van der Waals surface area contributed by atoms with Crippen LogP contribution >= 0.6 is 11.3 Å². The summed E-state index contributed by atoms with van der Waals surface area (Å²) in [5.41, 5.74) is 4.92. The molecule has 0 spiro atoms. The lowest BCUT2D eigenvalue weighted by Crippen LogP contribution is -2.17. The van der Waals surface area contributed by atoms with Crippen molar-refractivity contribution in [1.29, 1.82) is 0 Å². The highest BCUT2D eigenvalue weighted by Gasteiger charge is 2.24. The number of nitrogens with zero attached hydrogens (tertiary/aromatic N) is 2. The molecule has 138 valence electrons. The summed E-state index contributed by atoms with van der Waals surface area (Å²) in [6.07, 6.45) is 2.37. The van der Waals surface area contributed by atoms with Crippen molar-refractivity contribution in [2.75, 3.05) is 23.3 Å².